The van der Waals surface area contributed by atoms with Crippen LogP contribution in [0.2, 0.25) is 0 Å². The number of nitrogens with zero attached hydrogens (tertiary/aromatic N) is 3. The Labute approximate surface area is 203 Å². The maximum atomic E-state index is 13.3. The van der Waals surface area contributed by atoms with Crippen LogP contribution in [0.5, 0.6) is 0 Å². The summed E-state index contributed by atoms with van der Waals surface area (Å²) in [6.45, 7) is 10.7. The monoisotopic (exact) mass is 492 g/mol. The van der Waals surface area contributed by atoms with Crippen LogP contribution in [0, 0.1) is 5.92 Å². The van der Waals surface area contributed by atoms with E-state index in [1.54, 1.807) is 6.20 Å². The topological polar surface area (TPSA) is 76.5 Å². The number of aromatic nitrogens is 2. The van der Waals surface area contributed by atoms with Gasteiger partial charge in [0, 0.05) is 25.7 Å². The van der Waals surface area contributed by atoms with E-state index >= 15 is 0 Å². The molecule has 1 atom stereocenters. The first kappa shape index (κ1) is 25.6. The molecule has 1 aromatic heterocycles. The molecule has 0 bridgehead atoms. The van der Waals surface area contributed by atoms with Gasteiger partial charge in [-0.05, 0) is 50.4 Å². The molecule has 3 rings (SSSR count). The third-order valence-corrected chi connectivity index (χ3v) is 7.40. The Morgan fingerprint density at radius 2 is 2.00 bits per heavy atom. The molecule has 0 amide bonds. The molecule has 1 aromatic carbocycles. The lowest BCUT2D eigenvalue weighted by atomic mass is 10.2. The van der Waals surface area contributed by atoms with Gasteiger partial charge in [0.2, 0.25) is 15.0 Å². The maximum Gasteiger partial charge on any atom is 0.228 e. The quantitative estimate of drug-likeness (QED) is 0.506. The van der Waals surface area contributed by atoms with Gasteiger partial charge in [-0.2, -0.15) is 0 Å². The van der Waals surface area contributed by atoms with E-state index in [1.807, 2.05) is 48.7 Å². The molecule has 2 heterocycles. The van der Waals surface area contributed by atoms with Crippen molar-refractivity contribution in [1.29, 1.82) is 0 Å². The first-order valence-corrected chi connectivity index (χ1v) is 13.7. The van der Waals surface area contributed by atoms with Crippen LogP contribution >= 0.6 is 12.2 Å². The highest BCUT2D eigenvalue weighted by Crippen LogP contribution is 2.21. The summed E-state index contributed by atoms with van der Waals surface area (Å²) in [6.07, 6.45) is 3.86. The SMILES string of the molecule is CC(C)Cn1c(CN(CC2CCCO2)C(=S)NC(C)C)cnc1S(=O)(=O)Cc1ccccc1. The van der Waals surface area contributed by atoms with Crippen molar-refractivity contribution in [3.8, 4) is 0 Å². The van der Waals surface area contributed by atoms with Crippen molar-refractivity contribution in [2.75, 3.05) is 13.2 Å². The minimum absolute atomic E-state index is 0.0741. The molecule has 1 saturated heterocycles. The van der Waals surface area contributed by atoms with Gasteiger partial charge in [0.1, 0.15) is 0 Å². The number of rotatable bonds is 10. The molecule has 1 fully saturated rings. The lowest BCUT2D eigenvalue weighted by Crippen LogP contribution is -2.45. The fourth-order valence-corrected chi connectivity index (χ4v) is 5.85. The number of hydrogen-bond donors (Lipinski definition) is 1. The highest BCUT2D eigenvalue weighted by atomic mass is 32.2. The summed E-state index contributed by atoms with van der Waals surface area (Å²) in [5.74, 6) is 0.186. The van der Waals surface area contributed by atoms with Gasteiger partial charge in [0.25, 0.3) is 0 Å². The summed E-state index contributed by atoms with van der Waals surface area (Å²) in [4.78, 5) is 6.47. The van der Waals surface area contributed by atoms with E-state index in [0.717, 1.165) is 30.7 Å². The second kappa shape index (κ2) is 11.4. The van der Waals surface area contributed by atoms with E-state index in [-0.39, 0.29) is 29.0 Å². The Hall–Kier alpha value is -1.97. The molecule has 1 aliphatic rings. The van der Waals surface area contributed by atoms with Crippen LogP contribution in [-0.4, -0.2) is 53.3 Å². The number of sulfone groups is 1. The van der Waals surface area contributed by atoms with E-state index in [0.29, 0.717) is 24.7 Å². The number of thiocarbonyl (C=S) groups is 1. The lowest BCUT2D eigenvalue weighted by molar-refractivity contribution is 0.0891. The lowest BCUT2D eigenvalue weighted by Gasteiger charge is -2.30. The molecule has 0 spiro atoms. The highest BCUT2D eigenvalue weighted by molar-refractivity contribution is 7.90. The summed E-state index contributed by atoms with van der Waals surface area (Å²) in [5, 5.41) is 4.09. The van der Waals surface area contributed by atoms with Crippen molar-refractivity contribution in [2.45, 2.75) is 76.7 Å². The van der Waals surface area contributed by atoms with Gasteiger partial charge in [-0.15, -0.1) is 0 Å². The van der Waals surface area contributed by atoms with Gasteiger partial charge < -0.3 is 19.5 Å². The van der Waals surface area contributed by atoms with Crippen molar-refractivity contribution in [3.63, 3.8) is 0 Å². The fourth-order valence-electron chi connectivity index (χ4n) is 3.97. The Morgan fingerprint density at radius 1 is 1.27 bits per heavy atom. The molecule has 0 aliphatic carbocycles. The maximum absolute atomic E-state index is 13.3. The van der Waals surface area contributed by atoms with Crippen molar-refractivity contribution < 1.29 is 13.2 Å². The number of hydrogen-bond acceptors (Lipinski definition) is 5. The Bertz CT molecular complexity index is 1010. The van der Waals surface area contributed by atoms with Crippen LogP contribution in [0.4, 0.5) is 0 Å². The first-order valence-electron chi connectivity index (χ1n) is 11.6. The van der Waals surface area contributed by atoms with Crippen LogP contribution in [0.3, 0.4) is 0 Å². The molecule has 2 aromatic rings. The van der Waals surface area contributed by atoms with Crippen molar-refractivity contribution in [2.24, 2.45) is 5.92 Å². The third kappa shape index (κ3) is 7.25. The van der Waals surface area contributed by atoms with E-state index in [1.165, 1.54) is 0 Å². The molecule has 182 valence electrons. The standard InChI is InChI=1S/C24H36N4O3S2/c1-18(2)14-28-21(13-25-24(28)33(29,30)17-20-9-6-5-7-10-20)15-27(23(32)26-19(3)4)16-22-11-8-12-31-22/h5-7,9-10,13,18-19,22H,8,11-12,14-17H2,1-4H3,(H,26,32). The summed E-state index contributed by atoms with van der Waals surface area (Å²) < 4.78 is 34.3. The average molecular weight is 493 g/mol. The summed E-state index contributed by atoms with van der Waals surface area (Å²) >= 11 is 5.69. The number of ether oxygens (including phenoxy) is 1. The summed E-state index contributed by atoms with van der Waals surface area (Å²) in [5.41, 5.74) is 1.58. The number of imidazole rings is 1. The molecular formula is C24H36N4O3S2. The van der Waals surface area contributed by atoms with Crippen LogP contribution in [0.1, 0.15) is 51.8 Å². The first-order chi connectivity index (χ1) is 15.7. The second-order valence-electron chi connectivity index (χ2n) is 9.40. The minimum atomic E-state index is -3.61. The largest absolute Gasteiger partial charge is 0.376 e. The van der Waals surface area contributed by atoms with Crippen LogP contribution in [0.15, 0.2) is 41.7 Å². The minimum Gasteiger partial charge on any atom is -0.376 e. The molecule has 7 nitrogen and oxygen atoms in total. The van der Waals surface area contributed by atoms with Crippen LogP contribution < -0.4 is 5.32 Å². The molecular weight excluding hydrogens is 456 g/mol. The van der Waals surface area contributed by atoms with Crippen molar-refractivity contribution in [1.82, 2.24) is 19.8 Å². The number of nitrogens with one attached hydrogen (secondary N) is 1. The fraction of sp³-hybridized carbons (Fsp3) is 0.583. The summed E-state index contributed by atoms with van der Waals surface area (Å²) in [7, 11) is -3.61. The predicted molar refractivity (Wildman–Crippen MR) is 135 cm³/mol. The normalized spacial score (nSPS) is 16.5. The zero-order valence-electron chi connectivity index (χ0n) is 20.0. The zero-order chi connectivity index (χ0) is 24.0. The Kier molecular flexibility index (Phi) is 8.89. The van der Waals surface area contributed by atoms with E-state index in [4.69, 9.17) is 17.0 Å². The van der Waals surface area contributed by atoms with E-state index in [2.05, 4.69) is 29.0 Å². The molecule has 0 radical (unpaired) electrons. The van der Waals surface area contributed by atoms with Crippen molar-refractivity contribution >= 4 is 27.2 Å². The number of benzene rings is 1. The smallest absolute Gasteiger partial charge is 0.228 e. The second-order valence-corrected chi connectivity index (χ2v) is 11.7. The van der Waals surface area contributed by atoms with Crippen molar-refractivity contribution in [3.05, 3.63) is 47.8 Å². The van der Waals surface area contributed by atoms with Crippen LogP contribution in [0.25, 0.3) is 0 Å². The van der Waals surface area contributed by atoms with E-state index < -0.39 is 9.84 Å². The molecule has 1 N–H and O–H groups in total. The zero-order valence-corrected chi connectivity index (χ0v) is 21.7. The van der Waals surface area contributed by atoms with Gasteiger partial charge in [-0.25, -0.2) is 13.4 Å². The van der Waals surface area contributed by atoms with Gasteiger partial charge >= 0.3 is 0 Å². The highest BCUT2D eigenvalue weighted by Gasteiger charge is 2.27. The summed E-state index contributed by atoms with van der Waals surface area (Å²) in [6, 6.07) is 9.43. The molecule has 1 aliphatic heterocycles. The van der Waals surface area contributed by atoms with Crippen LogP contribution in [-0.2, 0) is 33.4 Å². The molecule has 33 heavy (non-hydrogen) atoms. The van der Waals surface area contributed by atoms with E-state index in [9.17, 15) is 8.42 Å². The third-order valence-electron chi connectivity index (χ3n) is 5.43. The van der Waals surface area contributed by atoms with Gasteiger partial charge in [0.05, 0.1) is 30.3 Å². The van der Waals surface area contributed by atoms with Gasteiger partial charge in [0.15, 0.2) is 5.11 Å². The molecule has 9 heteroatoms. The van der Waals surface area contributed by atoms with Gasteiger partial charge in [-0.1, -0.05) is 44.2 Å². The molecule has 1 unspecified atom stereocenters. The Morgan fingerprint density at radius 3 is 2.61 bits per heavy atom. The van der Waals surface area contributed by atoms with Gasteiger partial charge in [-0.3, -0.25) is 0 Å². The predicted octanol–water partition coefficient (Wildman–Crippen LogP) is 3.78. The average Bonchev–Trinajstić information content (AvgIpc) is 3.37. The molecule has 0 saturated carbocycles. The Balaban J connectivity index is 1.90.